The van der Waals surface area contributed by atoms with Crippen LogP contribution in [0.3, 0.4) is 0 Å². The highest BCUT2D eigenvalue weighted by atomic mass is 31.3. The minimum atomic E-state index is -6.39. The van der Waals surface area contributed by atoms with Gasteiger partial charge in [-0.1, -0.05) is 0 Å². The van der Waals surface area contributed by atoms with Crippen LogP contribution >= 0.6 is 8.51 Å². The van der Waals surface area contributed by atoms with Crippen molar-refractivity contribution in [3.05, 3.63) is 58.2 Å². The van der Waals surface area contributed by atoms with E-state index in [2.05, 4.69) is 0 Å². The highest BCUT2D eigenvalue weighted by Gasteiger charge is 2.44. The molecule has 150 valence electrons. The Bertz CT molecular complexity index is 756. The minimum Gasteiger partial charge on any atom is -0.203 e. The van der Waals surface area contributed by atoms with Gasteiger partial charge in [0.05, 0.1) is 27.9 Å². The molecule has 27 heavy (non-hydrogen) atoms. The zero-order valence-corrected chi connectivity index (χ0v) is 12.6. The first-order valence-corrected chi connectivity index (χ1v) is 7.17. The van der Waals surface area contributed by atoms with Gasteiger partial charge in [-0.05, 0) is 0 Å². The number of hydrogen-bond acceptors (Lipinski definition) is 0. The Hall–Kier alpha value is -2.11. The molecule has 0 fully saturated rings. The SMILES string of the molecule is F[P+](F)(F)F.Fc1c(F)c(F)c(-c2c(F)c(F)c(F)c(F)c2F)c(F)c1F. The fourth-order valence-electron chi connectivity index (χ4n) is 1.65. The fraction of sp³-hybridized carbons (Fsp3) is 0. The molecule has 0 aliphatic rings. The molecule has 0 spiro atoms. The third kappa shape index (κ3) is 4.60. The molecular weight excluding hydrogens is 441 g/mol. The fourth-order valence-corrected chi connectivity index (χ4v) is 1.65. The molecule has 2 aromatic carbocycles. The second-order valence-corrected chi connectivity index (χ2v) is 5.04. The molecule has 0 N–H and O–H groups in total. The van der Waals surface area contributed by atoms with E-state index in [-0.39, 0.29) is 0 Å². The Balaban J connectivity index is 0.000000646. The van der Waals surface area contributed by atoms with Crippen molar-refractivity contribution in [3.8, 4) is 11.1 Å². The van der Waals surface area contributed by atoms with E-state index < -0.39 is 77.8 Å². The number of halogens is 14. The van der Waals surface area contributed by atoms with Gasteiger partial charge in [0.1, 0.15) is 0 Å². The summed E-state index contributed by atoms with van der Waals surface area (Å²) < 4.78 is 170. The summed E-state index contributed by atoms with van der Waals surface area (Å²) in [6.07, 6.45) is 0. The van der Waals surface area contributed by atoms with Crippen molar-refractivity contribution in [2.45, 2.75) is 0 Å². The van der Waals surface area contributed by atoms with Crippen LogP contribution in [0.2, 0.25) is 0 Å². The molecule has 0 bridgehead atoms. The highest BCUT2D eigenvalue weighted by molar-refractivity contribution is 7.54. The van der Waals surface area contributed by atoms with Crippen molar-refractivity contribution in [2.24, 2.45) is 0 Å². The van der Waals surface area contributed by atoms with Crippen molar-refractivity contribution in [1.29, 1.82) is 0 Å². The zero-order chi connectivity index (χ0) is 21.4. The largest absolute Gasteiger partial charge is 0.755 e. The third-order valence-electron chi connectivity index (χ3n) is 2.67. The number of hydrogen-bond donors (Lipinski definition) is 0. The smallest absolute Gasteiger partial charge is 0.203 e. The topological polar surface area (TPSA) is 0 Å². The van der Waals surface area contributed by atoms with Crippen LogP contribution in [0.1, 0.15) is 0 Å². The Morgan fingerprint density at radius 1 is 0.296 bits per heavy atom. The second kappa shape index (κ2) is 7.87. The molecule has 0 amide bonds. The van der Waals surface area contributed by atoms with Gasteiger partial charge in [0.25, 0.3) is 0 Å². The van der Waals surface area contributed by atoms with Gasteiger partial charge in [-0.3, -0.25) is 0 Å². The summed E-state index contributed by atoms with van der Waals surface area (Å²) in [5, 5.41) is 0. The molecule has 0 saturated carbocycles. The number of rotatable bonds is 1. The molecule has 2 aromatic rings. The van der Waals surface area contributed by atoms with E-state index in [9.17, 15) is 60.7 Å². The van der Waals surface area contributed by atoms with E-state index in [1.165, 1.54) is 0 Å². The molecule has 0 unspecified atom stereocenters. The predicted octanol–water partition coefficient (Wildman–Crippen LogP) is 7.29. The Morgan fingerprint density at radius 3 is 0.556 bits per heavy atom. The van der Waals surface area contributed by atoms with Crippen LogP contribution in [-0.4, -0.2) is 0 Å². The maximum atomic E-state index is 13.4. The summed E-state index contributed by atoms with van der Waals surface area (Å²) in [7, 11) is -6.39. The van der Waals surface area contributed by atoms with Gasteiger partial charge < -0.3 is 0 Å². The Kier molecular flexibility index (Phi) is 6.68. The molecule has 0 nitrogen and oxygen atoms in total. The monoisotopic (exact) mass is 441 g/mol. The van der Waals surface area contributed by atoms with Crippen molar-refractivity contribution in [1.82, 2.24) is 0 Å². The van der Waals surface area contributed by atoms with Crippen molar-refractivity contribution >= 4 is 8.51 Å². The van der Waals surface area contributed by atoms with Crippen LogP contribution < -0.4 is 0 Å². The van der Waals surface area contributed by atoms with Crippen LogP contribution in [0.15, 0.2) is 0 Å². The van der Waals surface area contributed by atoms with E-state index in [1.807, 2.05) is 0 Å². The molecule has 0 atom stereocenters. The lowest BCUT2D eigenvalue weighted by Gasteiger charge is -2.11. The zero-order valence-electron chi connectivity index (χ0n) is 11.7. The lowest BCUT2D eigenvalue weighted by atomic mass is 10.0. The standard InChI is InChI=1S/C12F10.F4P/c13-3-1(4(14)8(18)11(21)7(3)17)2-5(15)9(19)12(22)10(20)6(2)16;1-5(2,3)4/q;+1. The second-order valence-electron chi connectivity index (χ2n) is 4.27. The molecule has 0 radical (unpaired) electrons. The van der Waals surface area contributed by atoms with E-state index in [4.69, 9.17) is 0 Å². The molecule has 15 heteroatoms. The van der Waals surface area contributed by atoms with Gasteiger partial charge in [-0.25, -0.2) is 43.9 Å². The first-order valence-electron chi connectivity index (χ1n) is 5.82. The summed E-state index contributed by atoms with van der Waals surface area (Å²) in [5.74, 6) is -26.6. The van der Waals surface area contributed by atoms with Crippen molar-refractivity contribution < 1.29 is 60.7 Å². The summed E-state index contributed by atoms with van der Waals surface area (Å²) in [6.45, 7) is 0. The summed E-state index contributed by atoms with van der Waals surface area (Å²) in [4.78, 5) is 0. The van der Waals surface area contributed by atoms with Gasteiger partial charge >= 0.3 is 8.51 Å². The Morgan fingerprint density at radius 2 is 0.407 bits per heavy atom. The molecule has 0 aliphatic heterocycles. The lowest BCUT2D eigenvalue weighted by Crippen LogP contribution is -2.10. The maximum Gasteiger partial charge on any atom is 0.755 e. The van der Waals surface area contributed by atoms with Crippen LogP contribution in [0.5, 0.6) is 0 Å². The van der Waals surface area contributed by atoms with Gasteiger partial charge in [-0.15, -0.1) is 0 Å². The normalized spacial score (nSPS) is 11.3. The van der Waals surface area contributed by atoms with Gasteiger partial charge in [-0.2, -0.15) is 0 Å². The molecule has 0 aliphatic carbocycles. The summed E-state index contributed by atoms with van der Waals surface area (Å²) in [6, 6.07) is 0. The first kappa shape index (κ1) is 22.9. The molecule has 2 rings (SSSR count). The van der Waals surface area contributed by atoms with Crippen LogP contribution in [-0.2, 0) is 0 Å². The average Bonchev–Trinajstić information content (AvgIpc) is 2.56. The molecule has 0 saturated heterocycles. The maximum absolute atomic E-state index is 13.4. The van der Waals surface area contributed by atoms with Crippen molar-refractivity contribution in [2.75, 3.05) is 0 Å². The van der Waals surface area contributed by atoms with E-state index in [1.54, 1.807) is 0 Å². The summed E-state index contributed by atoms with van der Waals surface area (Å²) >= 11 is 0. The average molecular weight is 441 g/mol. The van der Waals surface area contributed by atoms with E-state index >= 15 is 0 Å². The van der Waals surface area contributed by atoms with E-state index in [0.717, 1.165) is 0 Å². The van der Waals surface area contributed by atoms with Crippen LogP contribution in [0.25, 0.3) is 11.1 Å². The Labute approximate surface area is 139 Å². The summed E-state index contributed by atoms with van der Waals surface area (Å²) in [5.41, 5.74) is -4.52. The van der Waals surface area contributed by atoms with Gasteiger partial charge in [0, 0.05) is 0 Å². The van der Waals surface area contributed by atoms with Gasteiger partial charge in [0.15, 0.2) is 46.5 Å². The molecule has 0 heterocycles. The van der Waals surface area contributed by atoms with Crippen LogP contribution in [0, 0.1) is 58.2 Å². The third-order valence-corrected chi connectivity index (χ3v) is 2.67. The molecular formula is C12F14P+. The highest BCUT2D eigenvalue weighted by Crippen LogP contribution is 2.65. The quantitative estimate of drug-likeness (QED) is 0.189. The van der Waals surface area contributed by atoms with Gasteiger partial charge in [0.2, 0.25) is 11.6 Å². The van der Waals surface area contributed by atoms with Crippen LogP contribution in [0.4, 0.5) is 60.7 Å². The minimum absolute atomic E-state index is 2.26. The van der Waals surface area contributed by atoms with Crippen molar-refractivity contribution in [3.63, 3.8) is 0 Å². The van der Waals surface area contributed by atoms with E-state index in [0.29, 0.717) is 0 Å². The predicted molar refractivity (Wildman–Crippen MR) is 62.8 cm³/mol. The first-order chi connectivity index (χ1) is 12.1. The number of benzene rings is 2. The molecule has 0 aromatic heterocycles. The lowest BCUT2D eigenvalue weighted by molar-refractivity contribution is 0.370.